The van der Waals surface area contributed by atoms with E-state index in [0.717, 1.165) is 70.6 Å². The number of piperidine rings is 1. The first-order valence-electron chi connectivity index (χ1n) is 14.5. The summed E-state index contributed by atoms with van der Waals surface area (Å²) in [6.45, 7) is 1.68. The minimum absolute atomic E-state index is 0.0881. The zero-order valence-electron chi connectivity index (χ0n) is 23.8. The van der Waals surface area contributed by atoms with E-state index < -0.39 is 0 Å². The van der Waals surface area contributed by atoms with Crippen molar-refractivity contribution in [2.75, 3.05) is 23.3 Å². The molecule has 1 saturated heterocycles. The lowest BCUT2D eigenvalue weighted by Gasteiger charge is -2.31. The van der Waals surface area contributed by atoms with Gasteiger partial charge in [-0.3, -0.25) is 9.59 Å². The number of carbonyl (C=O) groups excluding carboxylic acids is 2. The Labute approximate surface area is 246 Å². The van der Waals surface area contributed by atoms with Gasteiger partial charge in [0.15, 0.2) is 11.6 Å². The molecule has 4 aromatic carbocycles. The van der Waals surface area contributed by atoms with Crippen molar-refractivity contribution < 1.29 is 14.7 Å². The molecule has 2 heterocycles. The number of nitrogens with zero attached hydrogens (tertiary/aromatic N) is 2. The molecule has 0 bridgehead atoms. The van der Waals surface area contributed by atoms with Gasteiger partial charge in [0.25, 0.3) is 0 Å². The minimum atomic E-state index is -0.201. The SMILES string of the molecule is Cn1ccc2cc(C(=O)Cc3ccc(Nc4ccc(CC(=O)c5ccc(N6CCC(O)CC6)cc5)cc4)cc3)ccc21. The zero-order valence-corrected chi connectivity index (χ0v) is 23.8. The third-order valence-corrected chi connectivity index (χ3v) is 8.15. The van der Waals surface area contributed by atoms with Crippen molar-refractivity contribution in [2.45, 2.75) is 31.8 Å². The highest BCUT2D eigenvalue weighted by Gasteiger charge is 2.17. The Bertz CT molecular complexity index is 1700. The maximum atomic E-state index is 12.9. The van der Waals surface area contributed by atoms with Gasteiger partial charge in [-0.15, -0.1) is 0 Å². The molecule has 1 aliphatic rings. The number of aryl methyl sites for hydroxylation is 1. The molecule has 0 amide bonds. The van der Waals surface area contributed by atoms with Crippen molar-refractivity contribution in [1.82, 2.24) is 4.57 Å². The van der Waals surface area contributed by atoms with Crippen LogP contribution in [0.15, 0.2) is 103 Å². The van der Waals surface area contributed by atoms with Crippen LogP contribution < -0.4 is 10.2 Å². The molecule has 2 N–H and O–H groups in total. The zero-order chi connectivity index (χ0) is 29.1. The fourth-order valence-electron chi connectivity index (χ4n) is 5.59. The van der Waals surface area contributed by atoms with Crippen molar-refractivity contribution in [3.63, 3.8) is 0 Å². The number of rotatable bonds is 9. The number of benzene rings is 4. The average Bonchev–Trinajstić information content (AvgIpc) is 3.39. The summed E-state index contributed by atoms with van der Waals surface area (Å²) in [6, 6.07) is 31.5. The summed E-state index contributed by atoms with van der Waals surface area (Å²) in [5, 5.41) is 14.2. The molecule has 1 aromatic heterocycles. The standard InChI is InChI=1S/C36H35N3O3/c1-38-19-16-28-24-29(8-15-34(28)38)36(42)23-26-4-11-31(12-5-26)37-30-9-2-25(3-10-30)22-35(41)27-6-13-32(14-7-27)39-20-17-33(40)18-21-39/h2-16,19,24,33,37,40H,17-18,20-23H2,1H3. The topological polar surface area (TPSA) is 74.6 Å². The maximum absolute atomic E-state index is 12.9. The van der Waals surface area contributed by atoms with Crippen LogP contribution in [0, 0.1) is 0 Å². The predicted molar refractivity (Wildman–Crippen MR) is 169 cm³/mol. The van der Waals surface area contributed by atoms with Gasteiger partial charge >= 0.3 is 0 Å². The van der Waals surface area contributed by atoms with E-state index in [1.165, 1.54) is 0 Å². The minimum Gasteiger partial charge on any atom is -0.393 e. The molecule has 6 rings (SSSR count). The molecule has 0 radical (unpaired) electrons. The van der Waals surface area contributed by atoms with E-state index in [1.807, 2.05) is 115 Å². The molecule has 1 aliphatic heterocycles. The lowest BCUT2D eigenvalue weighted by molar-refractivity contribution is 0.0985. The fourth-order valence-corrected chi connectivity index (χ4v) is 5.59. The third kappa shape index (κ3) is 6.29. The van der Waals surface area contributed by atoms with Gasteiger partial charge in [0.1, 0.15) is 0 Å². The Balaban J connectivity index is 1.01. The largest absolute Gasteiger partial charge is 0.393 e. The molecule has 6 nitrogen and oxygen atoms in total. The van der Waals surface area contributed by atoms with Gasteiger partial charge in [-0.2, -0.15) is 0 Å². The number of hydrogen-bond acceptors (Lipinski definition) is 5. The van der Waals surface area contributed by atoms with Crippen molar-refractivity contribution in [2.24, 2.45) is 7.05 Å². The highest BCUT2D eigenvalue weighted by molar-refractivity contribution is 6.01. The Morgan fingerprint density at radius 3 is 1.88 bits per heavy atom. The molecule has 0 saturated carbocycles. The molecule has 0 atom stereocenters. The molecule has 0 unspecified atom stereocenters. The first-order chi connectivity index (χ1) is 20.4. The molecule has 6 heteroatoms. The average molecular weight is 558 g/mol. The molecule has 5 aromatic rings. The van der Waals surface area contributed by atoms with Crippen LogP contribution in [0.1, 0.15) is 44.7 Å². The number of fused-ring (bicyclic) bond motifs is 1. The molecule has 0 spiro atoms. The number of aliphatic hydroxyl groups excluding tert-OH is 1. The number of Topliss-reactive ketones (excluding diaryl/α,β-unsaturated/α-hetero) is 2. The van der Waals surface area contributed by atoms with Gasteiger partial charge in [-0.05, 0) is 96.8 Å². The molecule has 1 fully saturated rings. The van der Waals surface area contributed by atoms with E-state index in [9.17, 15) is 14.7 Å². The van der Waals surface area contributed by atoms with Crippen molar-refractivity contribution in [3.8, 4) is 0 Å². The van der Waals surface area contributed by atoms with Crippen LogP contribution in [0.3, 0.4) is 0 Å². The lowest BCUT2D eigenvalue weighted by atomic mass is 10.0. The second kappa shape index (κ2) is 12.0. The fraction of sp³-hybridized carbons (Fsp3) is 0.222. The summed E-state index contributed by atoms with van der Waals surface area (Å²) in [7, 11) is 2.00. The number of aliphatic hydroxyl groups is 1. The smallest absolute Gasteiger partial charge is 0.167 e. The summed E-state index contributed by atoms with van der Waals surface area (Å²) < 4.78 is 2.05. The Kier molecular flexibility index (Phi) is 7.89. The molecular weight excluding hydrogens is 522 g/mol. The maximum Gasteiger partial charge on any atom is 0.167 e. The van der Waals surface area contributed by atoms with Crippen LogP contribution in [-0.4, -0.2) is 40.4 Å². The quantitative estimate of drug-likeness (QED) is 0.197. The van der Waals surface area contributed by atoms with Gasteiger partial charge in [0.05, 0.1) is 6.10 Å². The highest BCUT2D eigenvalue weighted by Crippen LogP contribution is 2.23. The number of ketones is 2. The second-order valence-corrected chi connectivity index (χ2v) is 11.2. The Morgan fingerprint density at radius 1 is 0.738 bits per heavy atom. The van der Waals surface area contributed by atoms with Crippen molar-refractivity contribution in [3.05, 3.63) is 126 Å². The van der Waals surface area contributed by atoms with Gasteiger partial charge in [0.2, 0.25) is 0 Å². The summed E-state index contributed by atoms with van der Waals surface area (Å²) in [6.07, 6.45) is 4.06. The molecule has 212 valence electrons. The van der Waals surface area contributed by atoms with Gasteiger partial charge in [0, 0.05) is 78.3 Å². The summed E-state index contributed by atoms with van der Waals surface area (Å²) in [5.74, 6) is 0.190. The Morgan fingerprint density at radius 2 is 1.29 bits per heavy atom. The second-order valence-electron chi connectivity index (χ2n) is 11.2. The number of hydrogen-bond donors (Lipinski definition) is 2. The Hall–Kier alpha value is -4.68. The summed E-state index contributed by atoms with van der Waals surface area (Å²) in [4.78, 5) is 28.0. The van der Waals surface area contributed by atoms with Crippen molar-refractivity contribution in [1.29, 1.82) is 0 Å². The van der Waals surface area contributed by atoms with E-state index in [-0.39, 0.29) is 17.7 Å². The van der Waals surface area contributed by atoms with E-state index >= 15 is 0 Å². The van der Waals surface area contributed by atoms with Gasteiger partial charge in [-0.25, -0.2) is 0 Å². The molecule has 42 heavy (non-hydrogen) atoms. The summed E-state index contributed by atoms with van der Waals surface area (Å²) in [5.41, 5.74) is 7.44. The lowest BCUT2D eigenvalue weighted by Crippen LogP contribution is -2.35. The van der Waals surface area contributed by atoms with Crippen molar-refractivity contribution >= 4 is 39.5 Å². The number of carbonyl (C=O) groups is 2. The van der Waals surface area contributed by atoms with Crippen LogP contribution in [-0.2, 0) is 19.9 Å². The first-order valence-corrected chi connectivity index (χ1v) is 14.5. The first kappa shape index (κ1) is 27.5. The van der Waals surface area contributed by atoms with Crippen LogP contribution in [0.4, 0.5) is 17.1 Å². The normalized spacial score (nSPS) is 13.8. The summed E-state index contributed by atoms with van der Waals surface area (Å²) >= 11 is 0. The van der Waals surface area contributed by atoms with Crippen LogP contribution in [0.2, 0.25) is 0 Å². The van der Waals surface area contributed by atoms with E-state index in [4.69, 9.17) is 0 Å². The van der Waals surface area contributed by atoms with E-state index in [0.29, 0.717) is 18.4 Å². The van der Waals surface area contributed by atoms with Gasteiger partial charge < -0.3 is 19.9 Å². The van der Waals surface area contributed by atoms with E-state index in [2.05, 4.69) is 10.2 Å². The monoisotopic (exact) mass is 557 g/mol. The molecule has 0 aliphatic carbocycles. The van der Waals surface area contributed by atoms with Crippen LogP contribution in [0.25, 0.3) is 10.9 Å². The molecular formula is C36H35N3O3. The highest BCUT2D eigenvalue weighted by atomic mass is 16.3. The van der Waals surface area contributed by atoms with E-state index in [1.54, 1.807) is 0 Å². The van der Waals surface area contributed by atoms with Crippen LogP contribution >= 0.6 is 0 Å². The number of nitrogens with one attached hydrogen (secondary N) is 1. The number of anilines is 3. The van der Waals surface area contributed by atoms with Gasteiger partial charge in [-0.1, -0.05) is 24.3 Å². The number of aromatic nitrogens is 1. The van der Waals surface area contributed by atoms with Crippen LogP contribution in [0.5, 0.6) is 0 Å². The predicted octanol–water partition coefficient (Wildman–Crippen LogP) is 6.73. The third-order valence-electron chi connectivity index (χ3n) is 8.15.